The zero-order valence-corrected chi connectivity index (χ0v) is 11.2. The number of hydrogen-bond donors (Lipinski definition) is 2. The van der Waals surface area contributed by atoms with Crippen LogP contribution in [0, 0.1) is 29.2 Å². The summed E-state index contributed by atoms with van der Waals surface area (Å²) in [7, 11) is 1.58. The highest BCUT2D eigenvalue weighted by Gasteiger charge is 2.01. The molecule has 0 heterocycles. The lowest BCUT2D eigenvalue weighted by atomic mass is 10.1. The van der Waals surface area contributed by atoms with Crippen molar-refractivity contribution in [2.75, 3.05) is 20.2 Å². The highest BCUT2D eigenvalue weighted by atomic mass is 16.6. The van der Waals surface area contributed by atoms with Crippen LogP contribution in [0.4, 0.5) is 0 Å². The second-order valence-electron chi connectivity index (χ2n) is 3.58. The van der Waals surface area contributed by atoms with Crippen molar-refractivity contribution in [1.82, 2.24) is 10.6 Å². The first kappa shape index (κ1) is 15.8. The van der Waals surface area contributed by atoms with Crippen LogP contribution in [0.25, 0.3) is 0 Å². The van der Waals surface area contributed by atoms with Crippen molar-refractivity contribution in [3.63, 3.8) is 0 Å². The maximum atomic E-state index is 8.41. The summed E-state index contributed by atoms with van der Waals surface area (Å²) in [5.74, 6) is 6.32. The number of guanidine groups is 1. The third kappa shape index (κ3) is 7.13. The van der Waals surface area contributed by atoms with Crippen molar-refractivity contribution >= 4 is 11.7 Å². The summed E-state index contributed by atoms with van der Waals surface area (Å²) < 4.78 is 0. The number of nitrogens with one attached hydrogen (secondary N) is 2. The molecule has 0 saturated heterocycles. The zero-order valence-electron chi connectivity index (χ0n) is 11.2. The van der Waals surface area contributed by atoms with Crippen LogP contribution in [-0.2, 0) is 4.84 Å². The number of oxime groups is 1. The van der Waals surface area contributed by atoms with Crippen molar-refractivity contribution in [1.29, 1.82) is 5.26 Å². The molecule has 0 saturated carbocycles. The van der Waals surface area contributed by atoms with Gasteiger partial charge in [-0.25, -0.2) is 0 Å². The van der Waals surface area contributed by atoms with E-state index in [0.29, 0.717) is 19.1 Å². The van der Waals surface area contributed by atoms with E-state index in [1.807, 2.05) is 13.8 Å². The fraction of sp³-hybridized carbons (Fsp3) is 0.583. The van der Waals surface area contributed by atoms with Crippen LogP contribution in [0.3, 0.4) is 0 Å². The standard InChI is InChI=1S/C12H19N5O/c1-5-6-11(10(2)3)17-18-8-7-15-12(14-4)16-9-13/h10H,7-8H2,1-4H3,(H2,14,15,16)/b17-11+. The Balaban J connectivity index is 4.01. The average Bonchev–Trinajstić information content (AvgIpc) is 2.35. The largest absolute Gasteiger partial charge is 0.393 e. The van der Waals surface area contributed by atoms with Gasteiger partial charge in [0.1, 0.15) is 12.3 Å². The molecule has 0 fully saturated rings. The Morgan fingerprint density at radius 2 is 2.17 bits per heavy atom. The van der Waals surface area contributed by atoms with E-state index in [0.717, 1.165) is 5.71 Å². The Morgan fingerprint density at radius 3 is 2.67 bits per heavy atom. The van der Waals surface area contributed by atoms with Crippen molar-refractivity contribution in [2.24, 2.45) is 16.1 Å². The lowest BCUT2D eigenvalue weighted by Crippen LogP contribution is -2.36. The molecular weight excluding hydrogens is 230 g/mol. The summed E-state index contributed by atoms with van der Waals surface area (Å²) >= 11 is 0. The first-order valence-corrected chi connectivity index (χ1v) is 5.64. The molecule has 6 heteroatoms. The van der Waals surface area contributed by atoms with Gasteiger partial charge in [-0.15, -0.1) is 0 Å². The van der Waals surface area contributed by atoms with Crippen LogP contribution >= 0.6 is 0 Å². The van der Waals surface area contributed by atoms with Gasteiger partial charge < -0.3 is 10.2 Å². The average molecular weight is 249 g/mol. The minimum atomic E-state index is 0.235. The summed E-state index contributed by atoms with van der Waals surface area (Å²) in [4.78, 5) is 8.97. The van der Waals surface area contributed by atoms with Crippen molar-refractivity contribution in [3.8, 4) is 18.0 Å². The van der Waals surface area contributed by atoms with Crippen molar-refractivity contribution in [2.45, 2.75) is 20.8 Å². The minimum Gasteiger partial charge on any atom is -0.393 e. The van der Waals surface area contributed by atoms with Gasteiger partial charge in [0.25, 0.3) is 0 Å². The highest BCUT2D eigenvalue weighted by Crippen LogP contribution is 1.96. The summed E-state index contributed by atoms with van der Waals surface area (Å²) in [5.41, 5.74) is 0.719. The Kier molecular flexibility index (Phi) is 8.75. The summed E-state index contributed by atoms with van der Waals surface area (Å²) in [5, 5.41) is 17.7. The summed E-state index contributed by atoms with van der Waals surface area (Å²) in [6, 6.07) is 0. The first-order chi connectivity index (χ1) is 8.65. The lowest BCUT2D eigenvalue weighted by Gasteiger charge is -2.07. The molecule has 0 aromatic rings. The fourth-order valence-electron chi connectivity index (χ4n) is 0.963. The van der Waals surface area contributed by atoms with Gasteiger partial charge in [-0.3, -0.25) is 10.3 Å². The molecule has 0 aliphatic heterocycles. The second kappa shape index (κ2) is 9.98. The SMILES string of the molecule is CC#C/C(=N\OCCNC(=NC)NC#N)C(C)C. The molecule has 0 radical (unpaired) electrons. The number of rotatable bonds is 5. The molecule has 0 aromatic heterocycles. The summed E-state index contributed by atoms with van der Waals surface area (Å²) in [6.45, 7) is 6.63. The van der Waals surface area contributed by atoms with Gasteiger partial charge in [0.05, 0.1) is 6.54 Å². The molecule has 6 nitrogen and oxygen atoms in total. The topological polar surface area (TPSA) is 81.8 Å². The van der Waals surface area contributed by atoms with E-state index in [2.05, 4.69) is 32.6 Å². The Labute approximate surface area is 108 Å². The number of hydrogen-bond acceptors (Lipinski definition) is 4. The second-order valence-corrected chi connectivity index (χ2v) is 3.58. The minimum absolute atomic E-state index is 0.235. The molecule has 0 aliphatic carbocycles. The Morgan fingerprint density at radius 1 is 1.44 bits per heavy atom. The molecule has 18 heavy (non-hydrogen) atoms. The maximum Gasteiger partial charge on any atom is 0.204 e. The molecule has 0 aliphatic rings. The van der Waals surface area contributed by atoms with Crippen LogP contribution in [0.5, 0.6) is 0 Å². The van der Waals surface area contributed by atoms with E-state index in [-0.39, 0.29) is 5.92 Å². The molecule has 98 valence electrons. The zero-order chi connectivity index (χ0) is 13.8. The van der Waals surface area contributed by atoms with Crippen LogP contribution in [0.15, 0.2) is 10.1 Å². The fourth-order valence-corrected chi connectivity index (χ4v) is 0.963. The molecule has 0 rings (SSSR count). The van der Waals surface area contributed by atoms with Gasteiger partial charge in [0, 0.05) is 13.0 Å². The molecule has 0 amide bonds. The van der Waals surface area contributed by atoms with Gasteiger partial charge in [-0.1, -0.05) is 24.9 Å². The molecule has 0 atom stereocenters. The smallest absolute Gasteiger partial charge is 0.204 e. The third-order valence-corrected chi connectivity index (χ3v) is 1.85. The van der Waals surface area contributed by atoms with E-state index in [9.17, 15) is 0 Å². The number of nitriles is 1. The molecule has 0 aromatic carbocycles. The van der Waals surface area contributed by atoms with Gasteiger partial charge >= 0.3 is 0 Å². The van der Waals surface area contributed by atoms with Crippen LogP contribution in [0.2, 0.25) is 0 Å². The van der Waals surface area contributed by atoms with Crippen molar-refractivity contribution < 1.29 is 4.84 Å². The molecule has 0 spiro atoms. The van der Waals surface area contributed by atoms with E-state index in [4.69, 9.17) is 10.1 Å². The normalized spacial score (nSPS) is 11.3. The molecular formula is C12H19N5O. The third-order valence-electron chi connectivity index (χ3n) is 1.85. The Bertz CT molecular complexity index is 395. The van der Waals surface area contributed by atoms with Gasteiger partial charge in [-0.2, -0.15) is 5.26 Å². The van der Waals surface area contributed by atoms with Gasteiger partial charge in [0.2, 0.25) is 5.96 Å². The van der Waals surface area contributed by atoms with E-state index in [1.165, 1.54) is 0 Å². The van der Waals surface area contributed by atoms with E-state index < -0.39 is 0 Å². The monoisotopic (exact) mass is 249 g/mol. The van der Waals surface area contributed by atoms with Crippen molar-refractivity contribution in [3.05, 3.63) is 0 Å². The first-order valence-electron chi connectivity index (χ1n) is 5.64. The number of aliphatic imine (C=N–C) groups is 1. The van der Waals surface area contributed by atoms with E-state index >= 15 is 0 Å². The highest BCUT2D eigenvalue weighted by molar-refractivity contribution is 6.01. The Hall–Kier alpha value is -2.21. The quantitative estimate of drug-likeness (QED) is 0.143. The van der Waals surface area contributed by atoms with E-state index in [1.54, 1.807) is 20.2 Å². The predicted octanol–water partition coefficient (Wildman–Crippen LogP) is 0.684. The lowest BCUT2D eigenvalue weighted by molar-refractivity contribution is 0.148. The van der Waals surface area contributed by atoms with Crippen LogP contribution < -0.4 is 10.6 Å². The number of nitrogens with zero attached hydrogens (tertiary/aromatic N) is 3. The van der Waals surface area contributed by atoms with Crippen LogP contribution in [-0.4, -0.2) is 31.9 Å². The molecule has 0 unspecified atom stereocenters. The van der Waals surface area contributed by atoms with Gasteiger partial charge in [0.15, 0.2) is 6.19 Å². The van der Waals surface area contributed by atoms with Gasteiger partial charge in [-0.05, 0) is 12.8 Å². The van der Waals surface area contributed by atoms with Crippen LogP contribution in [0.1, 0.15) is 20.8 Å². The predicted molar refractivity (Wildman–Crippen MR) is 71.8 cm³/mol. The molecule has 0 bridgehead atoms. The molecule has 2 N–H and O–H groups in total. The summed E-state index contributed by atoms with van der Waals surface area (Å²) in [6.07, 6.45) is 1.78. The maximum absolute atomic E-state index is 8.41.